The predicted octanol–water partition coefficient (Wildman–Crippen LogP) is 1.63. The molecule has 0 bridgehead atoms. The molecule has 3 aromatic rings. The number of rotatable bonds is 8. The van der Waals surface area contributed by atoms with E-state index in [-0.39, 0.29) is 23.8 Å². The fraction of sp³-hybridized carbons (Fsp3) is 0.125. The third kappa shape index (κ3) is 4.81. The van der Waals surface area contributed by atoms with E-state index in [0.29, 0.717) is 17.1 Å². The molecule has 0 saturated carbocycles. The van der Waals surface area contributed by atoms with Crippen LogP contribution in [0.2, 0.25) is 0 Å². The van der Waals surface area contributed by atoms with Crippen LogP contribution in [0.3, 0.4) is 0 Å². The molecule has 0 saturated heterocycles. The first-order chi connectivity index (χ1) is 13.5. The Morgan fingerprint density at radius 3 is 2.39 bits per heavy atom. The van der Waals surface area contributed by atoms with E-state index in [1.165, 1.54) is 6.33 Å². The number of hydrogen-bond acceptors (Lipinski definition) is 10. The second-order valence-corrected chi connectivity index (χ2v) is 6.89. The van der Waals surface area contributed by atoms with E-state index < -0.39 is 15.0 Å². The van der Waals surface area contributed by atoms with E-state index in [4.69, 9.17) is 8.92 Å². The minimum absolute atomic E-state index is 0.0399. The van der Waals surface area contributed by atoms with Crippen molar-refractivity contribution in [3.8, 4) is 17.1 Å². The summed E-state index contributed by atoms with van der Waals surface area (Å²) in [6.45, 7) is -0.281. The summed E-state index contributed by atoms with van der Waals surface area (Å²) >= 11 is 0. The molecule has 11 nitrogen and oxygen atoms in total. The summed E-state index contributed by atoms with van der Waals surface area (Å²) in [5.74, 6) is 0.784. The van der Waals surface area contributed by atoms with Crippen LogP contribution in [-0.4, -0.2) is 46.9 Å². The number of non-ortho nitro benzene ring substituents is 1. The SMILES string of the molecule is O=[N+]([O-])c1ccc(S(=O)(=O)OCCOc2cccc(-c3nncnn3)c2)cc1. The molecular formula is C16H13N5O6S. The monoisotopic (exact) mass is 403 g/mol. The molecule has 2 aromatic carbocycles. The van der Waals surface area contributed by atoms with Gasteiger partial charge in [0.25, 0.3) is 15.8 Å². The Morgan fingerprint density at radius 2 is 1.71 bits per heavy atom. The minimum atomic E-state index is -4.05. The van der Waals surface area contributed by atoms with Gasteiger partial charge in [-0.25, -0.2) is 0 Å². The molecule has 0 aliphatic carbocycles. The Hall–Kier alpha value is -3.51. The van der Waals surface area contributed by atoms with Gasteiger partial charge >= 0.3 is 0 Å². The van der Waals surface area contributed by atoms with Crippen molar-refractivity contribution in [2.24, 2.45) is 0 Å². The highest BCUT2D eigenvalue weighted by atomic mass is 32.2. The van der Waals surface area contributed by atoms with Crippen molar-refractivity contribution >= 4 is 15.8 Å². The van der Waals surface area contributed by atoms with Gasteiger partial charge in [-0.15, -0.1) is 20.4 Å². The van der Waals surface area contributed by atoms with Gasteiger partial charge in [0.1, 0.15) is 19.0 Å². The van der Waals surface area contributed by atoms with Crippen molar-refractivity contribution in [1.82, 2.24) is 20.4 Å². The molecule has 12 heteroatoms. The fourth-order valence-corrected chi connectivity index (χ4v) is 3.04. The lowest BCUT2D eigenvalue weighted by Gasteiger charge is -2.08. The van der Waals surface area contributed by atoms with Crippen molar-refractivity contribution in [3.05, 3.63) is 65.0 Å². The van der Waals surface area contributed by atoms with Crippen molar-refractivity contribution in [1.29, 1.82) is 0 Å². The molecule has 1 heterocycles. The maximum atomic E-state index is 12.1. The zero-order valence-corrected chi connectivity index (χ0v) is 15.0. The van der Waals surface area contributed by atoms with Gasteiger partial charge < -0.3 is 4.74 Å². The van der Waals surface area contributed by atoms with Crippen LogP contribution in [0.25, 0.3) is 11.4 Å². The Kier molecular flexibility index (Phi) is 5.81. The molecule has 0 unspecified atom stereocenters. The Balaban J connectivity index is 1.56. The molecule has 0 amide bonds. The number of nitro groups is 1. The summed E-state index contributed by atoms with van der Waals surface area (Å²) in [6, 6.07) is 11.2. The zero-order valence-electron chi connectivity index (χ0n) is 14.2. The average Bonchev–Trinajstić information content (AvgIpc) is 2.72. The highest BCUT2D eigenvalue weighted by molar-refractivity contribution is 7.86. The maximum absolute atomic E-state index is 12.1. The molecular weight excluding hydrogens is 390 g/mol. The van der Waals surface area contributed by atoms with Gasteiger partial charge in [0, 0.05) is 17.7 Å². The van der Waals surface area contributed by atoms with E-state index >= 15 is 0 Å². The number of aromatic nitrogens is 4. The van der Waals surface area contributed by atoms with Gasteiger partial charge in [0.05, 0.1) is 9.82 Å². The molecule has 0 radical (unpaired) electrons. The number of nitro benzene ring substituents is 1. The highest BCUT2D eigenvalue weighted by Gasteiger charge is 2.17. The summed E-state index contributed by atoms with van der Waals surface area (Å²) < 4.78 is 34.5. The lowest BCUT2D eigenvalue weighted by atomic mass is 10.2. The summed E-state index contributed by atoms with van der Waals surface area (Å²) in [7, 11) is -4.05. The smallest absolute Gasteiger partial charge is 0.297 e. The van der Waals surface area contributed by atoms with Gasteiger partial charge in [0.15, 0.2) is 6.33 Å². The van der Waals surface area contributed by atoms with Gasteiger partial charge in [-0.2, -0.15) is 8.42 Å². The standard InChI is InChI=1S/C16H13N5O6S/c22-21(23)13-4-6-15(7-5-13)28(24,25)27-9-8-26-14-3-1-2-12(10-14)16-19-17-11-18-20-16/h1-7,10-11H,8-9H2. The molecule has 28 heavy (non-hydrogen) atoms. The van der Waals surface area contributed by atoms with Gasteiger partial charge in [-0.3, -0.25) is 14.3 Å². The van der Waals surface area contributed by atoms with Crippen LogP contribution in [0.5, 0.6) is 5.75 Å². The summed E-state index contributed by atoms with van der Waals surface area (Å²) in [5.41, 5.74) is 0.424. The molecule has 0 atom stereocenters. The van der Waals surface area contributed by atoms with Crippen molar-refractivity contribution in [2.75, 3.05) is 13.2 Å². The lowest BCUT2D eigenvalue weighted by Crippen LogP contribution is -2.13. The molecule has 0 spiro atoms. The topological polar surface area (TPSA) is 147 Å². The van der Waals surface area contributed by atoms with Crippen LogP contribution in [0.15, 0.2) is 59.8 Å². The van der Waals surface area contributed by atoms with E-state index in [0.717, 1.165) is 24.3 Å². The van der Waals surface area contributed by atoms with Crippen LogP contribution >= 0.6 is 0 Å². The minimum Gasteiger partial charge on any atom is -0.491 e. The highest BCUT2D eigenvalue weighted by Crippen LogP contribution is 2.20. The van der Waals surface area contributed by atoms with Crippen molar-refractivity contribution in [2.45, 2.75) is 4.90 Å². The van der Waals surface area contributed by atoms with Crippen LogP contribution < -0.4 is 4.74 Å². The van der Waals surface area contributed by atoms with E-state index in [1.54, 1.807) is 24.3 Å². The first-order valence-corrected chi connectivity index (χ1v) is 9.24. The number of hydrogen-bond donors (Lipinski definition) is 0. The summed E-state index contributed by atoms with van der Waals surface area (Å²) in [4.78, 5) is 9.82. The quantitative estimate of drug-likeness (QED) is 0.235. The Morgan fingerprint density at radius 1 is 1.00 bits per heavy atom. The third-order valence-electron chi connectivity index (χ3n) is 3.43. The van der Waals surface area contributed by atoms with E-state index in [2.05, 4.69) is 20.4 Å². The lowest BCUT2D eigenvalue weighted by molar-refractivity contribution is -0.384. The van der Waals surface area contributed by atoms with Gasteiger partial charge in [-0.05, 0) is 24.3 Å². The predicted molar refractivity (Wildman–Crippen MR) is 94.8 cm³/mol. The normalized spacial score (nSPS) is 11.1. The zero-order chi connectivity index (χ0) is 20.0. The molecule has 3 rings (SSSR count). The fourth-order valence-electron chi connectivity index (χ4n) is 2.15. The molecule has 0 N–H and O–H groups in total. The Bertz CT molecular complexity index is 1060. The van der Waals surface area contributed by atoms with Crippen LogP contribution in [0.1, 0.15) is 0 Å². The second kappa shape index (κ2) is 8.45. The largest absolute Gasteiger partial charge is 0.491 e. The van der Waals surface area contributed by atoms with Gasteiger partial charge in [0.2, 0.25) is 5.82 Å². The van der Waals surface area contributed by atoms with Crippen LogP contribution in [0, 0.1) is 10.1 Å². The van der Waals surface area contributed by atoms with Crippen molar-refractivity contribution in [3.63, 3.8) is 0 Å². The molecule has 0 aliphatic rings. The number of ether oxygens (including phenoxy) is 1. The van der Waals surface area contributed by atoms with Gasteiger partial charge in [-0.1, -0.05) is 12.1 Å². The van der Waals surface area contributed by atoms with Crippen LogP contribution in [-0.2, 0) is 14.3 Å². The maximum Gasteiger partial charge on any atom is 0.297 e. The first-order valence-electron chi connectivity index (χ1n) is 7.83. The van der Waals surface area contributed by atoms with Crippen molar-refractivity contribution < 1.29 is 22.3 Å². The number of nitrogens with zero attached hydrogens (tertiary/aromatic N) is 5. The number of benzene rings is 2. The van der Waals surface area contributed by atoms with E-state index in [1.807, 2.05) is 0 Å². The molecule has 0 fully saturated rings. The summed E-state index contributed by atoms with van der Waals surface area (Å²) in [6.07, 6.45) is 1.21. The molecule has 144 valence electrons. The second-order valence-electron chi connectivity index (χ2n) is 5.27. The molecule has 0 aliphatic heterocycles. The third-order valence-corrected chi connectivity index (χ3v) is 4.75. The Labute approximate surface area is 159 Å². The molecule has 1 aromatic heterocycles. The van der Waals surface area contributed by atoms with Crippen LogP contribution in [0.4, 0.5) is 5.69 Å². The van der Waals surface area contributed by atoms with E-state index in [9.17, 15) is 18.5 Å². The first kappa shape index (κ1) is 19.3. The summed E-state index contributed by atoms with van der Waals surface area (Å²) in [5, 5.41) is 25.6. The average molecular weight is 403 g/mol.